The van der Waals surface area contributed by atoms with Crippen LogP contribution in [0.15, 0.2) is 12.1 Å². The average Bonchev–Trinajstić information content (AvgIpc) is 2.75. The summed E-state index contributed by atoms with van der Waals surface area (Å²) in [4.78, 5) is 0. The number of methoxy groups -OCH3 is 1. The second kappa shape index (κ2) is 4.37. The molecular formula is C11H13ClFNO. The molecular weight excluding hydrogens is 217 g/mol. The van der Waals surface area contributed by atoms with Crippen LogP contribution in [0.2, 0.25) is 5.02 Å². The van der Waals surface area contributed by atoms with Crippen molar-refractivity contribution in [2.75, 3.05) is 20.2 Å². The molecule has 1 unspecified atom stereocenters. The molecule has 1 atom stereocenters. The molecule has 2 rings (SSSR count). The van der Waals surface area contributed by atoms with Crippen molar-refractivity contribution in [2.24, 2.45) is 0 Å². The number of ether oxygens (including phenoxy) is 1. The van der Waals surface area contributed by atoms with Gasteiger partial charge in [-0.2, -0.15) is 0 Å². The molecule has 0 saturated carbocycles. The van der Waals surface area contributed by atoms with Crippen molar-refractivity contribution in [3.63, 3.8) is 0 Å². The van der Waals surface area contributed by atoms with E-state index < -0.39 is 5.82 Å². The number of halogens is 2. The van der Waals surface area contributed by atoms with Crippen LogP contribution in [-0.4, -0.2) is 20.2 Å². The van der Waals surface area contributed by atoms with Crippen LogP contribution in [0.25, 0.3) is 0 Å². The average molecular weight is 230 g/mol. The quantitative estimate of drug-likeness (QED) is 0.842. The van der Waals surface area contributed by atoms with Crippen molar-refractivity contribution >= 4 is 11.6 Å². The molecule has 0 radical (unpaired) electrons. The lowest BCUT2D eigenvalue weighted by Crippen LogP contribution is -2.08. The lowest BCUT2D eigenvalue weighted by atomic mass is 9.98. The van der Waals surface area contributed by atoms with Gasteiger partial charge in [0.05, 0.1) is 12.1 Å². The molecule has 1 aliphatic heterocycles. The Morgan fingerprint density at radius 1 is 1.53 bits per heavy atom. The number of hydrogen-bond donors (Lipinski definition) is 1. The van der Waals surface area contributed by atoms with Crippen molar-refractivity contribution in [1.29, 1.82) is 0 Å². The highest BCUT2D eigenvalue weighted by molar-refractivity contribution is 6.31. The Balaban J connectivity index is 2.39. The van der Waals surface area contributed by atoms with E-state index >= 15 is 0 Å². The van der Waals surface area contributed by atoms with Gasteiger partial charge in [-0.15, -0.1) is 0 Å². The second-order valence-corrected chi connectivity index (χ2v) is 4.08. The highest BCUT2D eigenvalue weighted by Crippen LogP contribution is 2.33. The molecule has 0 spiro atoms. The Bertz CT molecular complexity index is 364. The van der Waals surface area contributed by atoms with Crippen LogP contribution < -0.4 is 10.1 Å². The fourth-order valence-corrected chi connectivity index (χ4v) is 2.18. The van der Waals surface area contributed by atoms with E-state index in [0.717, 1.165) is 25.1 Å². The molecule has 1 aliphatic rings. The van der Waals surface area contributed by atoms with Crippen molar-refractivity contribution in [3.8, 4) is 5.75 Å². The molecule has 82 valence electrons. The van der Waals surface area contributed by atoms with E-state index in [1.54, 1.807) is 0 Å². The van der Waals surface area contributed by atoms with Crippen molar-refractivity contribution in [2.45, 2.75) is 12.3 Å². The number of rotatable bonds is 2. The van der Waals surface area contributed by atoms with E-state index in [-0.39, 0.29) is 5.02 Å². The summed E-state index contributed by atoms with van der Waals surface area (Å²) in [5.74, 6) is 0.416. The Kier molecular flexibility index (Phi) is 3.12. The zero-order chi connectivity index (χ0) is 10.8. The zero-order valence-electron chi connectivity index (χ0n) is 8.52. The highest BCUT2D eigenvalue weighted by Gasteiger charge is 2.21. The third-order valence-electron chi connectivity index (χ3n) is 2.77. The van der Waals surface area contributed by atoms with Gasteiger partial charge in [0.25, 0.3) is 0 Å². The van der Waals surface area contributed by atoms with Crippen molar-refractivity contribution in [3.05, 3.63) is 28.5 Å². The van der Waals surface area contributed by atoms with Crippen LogP contribution in [0.1, 0.15) is 17.9 Å². The third kappa shape index (κ3) is 2.08. The molecule has 0 aromatic heterocycles. The first kappa shape index (κ1) is 10.7. The molecule has 1 aromatic carbocycles. The fourth-order valence-electron chi connectivity index (χ4n) is 1.92. The SMILES string of the molecule is COc1cc(F)c(Cl)c(C2CCNC2)c1. The fraction of sp³-hybridized carbons (Fsp3) is 0.455. The van der Waals surface area contributed by atoms with Gasteiger partial charge in [-0.25, -0.2) is 4.39 Å². The molecule has 4 heteroatoms. The topological polar surface area (TPSA) is 21.3 Å². The predicted molar refractivity (Wildman–Crippen MR) is 58.2 cm³/mol. The van der Waals surface area contributed by atoms with Gasteiger partial charge >= 0.3 is 0 Å². The van der Waals surface area contributed by atoms with Gasteiger partial charge in [0.2, 0.25) is 0 Å². The van der Waals surface area contributed by atoms with E-state index in [4.69, 9.17) is 16.3 Å². The van der Waals surface area contributed by atoms with Crippen LogP contribution in [0, 0.1) is 5.82 Å². The molecule has 0 bridgehead atoms. The number of benzene rings is 1. The second-order valence-electron chi connectivity index (χ2n) is 3.70. The van der Waals surface area contributed by atoms with E-state index in [0.29, 0.717) is 11.7 Å². The normalized spacial score (nSPS) is 20.6. The predicted octanol–water partition coefficient (Wildman–Crippen LogP) is 2.56. The highest BCUT2D eigenvalue weighted by atomic mass is 35.5. The van der Waals surface area contributed by atoms with E-state index in [9.17, 15) is 4.39 Å². The Morgan fingerprint density at radius 3 is 2.93 bits per heavy atom. The minimum Gasteiger partial charge on any atom is -0.497 e. The summed E-state index contributed by atoms with van der Waals surface area (Å²) in [5.41, 5.74) is 0.846. The summed E-state index contributed by atoms with van der Waals surface area (Å²) < 4.78 is 18.5. The minimum absolute atomic E-state index is 0.226. The summed E-state index contributed by atoms with van der Waals surface area (Å²) in [7, 11) is 1.53. The van der Waals surface area contributed by atoms with Gasteiger partial charge < -0.3 is 10.1 Å². The van der Waals surface area contributed by atoms with Gasteiger partial charge in [-0.05, 0) is 30.5 Å². The summed E-state index contributed by atoms with van der Waals surface area (Å²) in [6, 6.07) is 3.14. The minimum atomic E-state index is -0.405. The van der Waals surface area contributed by atoms with E-state index in [1.165, 1.54) is 13.2 Å². The third-order valence-corrected chi connectivity index (χ3v) is 3.16. The molecule has 15 heavy (non-hydrogen) atoms. The summed E-state index contributed by atoms with van der Waals surface area (Å²) in [6.45, 7) is 1.81. The van der Waals surface area contributed by atoms with E-state index in [1.807, 2.05) is 6.07 Å². The van der Waals surface area contributed by atoms with Gasteiger partial charge in [0.1, 0.15) is 11.6 Å². The summed E-state index contributed by atoms with van der Waals surface area (Å²) in [5, 5.41) is 3.46. The van der Waals surface area contributed by atoms with Gasteiger partial charge in [-0.3, -0.25) is 0 Å². The van der Waals surface area contributed by atoms with Crippen molar-refractivity contribution < 1.29 is 9.13 Å². The number of hydrogen-bond acceptors (Lipinski definition) is 2. The van der Waals surface area contributed by atoms with Crippen LogP contribution in [0.4, 0.5) is 4.39 Å². The van der Waals surface area contributed by atoms with Crippen LogP contribution in [-0.2, 0) is 0 Å². The first-order valence-corrected chi connectivity index (χ1v) is 5.34. The maximum Gasteiger partial charge on any atom is 0.145 e. The van der Waals surface area contributed by atoms with E-state index in [2.05, 4.69) is 5.32 Å². The van der Waals surface area contributed by atoms with Crippen LogP contribution >= 0.6 is 11.6 Å². The van der Waals surface area contributed by atoms with Crippen LogP contribution in [0.3, 0.4) is 0 Å². The molecule has 2 nitrogen and oxygen atoms in total. The smallest absolute Gasteiger partial charge is 0.145 e. The molecule has 0 aliphatic carbocycles. The lowest BCUT2D eigenvalue weighted by molar-refractivity contribution is 0.410. The Labute approximate surface area is 93.4 Å². The standard InChI is InChI=1S/C11H13ClFNO/c1-15-8-4-9(7-2-3-14-6-7)11(12)10(13)5-8/h4-5,7,14H,2-3,6H2,1H3. The summed E-state index contributed by atoms with van der Waals surface area (Å²) >= 11 is 5.94. The Morgan fingerprint density at radius 2 is 2.33 bits per heavy atom. The molecule has 1 aromatic rings. The van der Waals surface area contributed by atoms with Gasteiger partial charge in [-0.1, -0.05) is 11.6 Å². The maximum atomic E-state index is 13.4. The Hall–Kier alpha value is -0.800. The first-order chi connectivity index (χ1) is 7.22. The van der Waals surface area contributed by atoms with Crippen LogP contribution in [0.5, 0.6) is 5.75 Å². The number of nitrogens with one attached hydrogen (secondary N) is 1. The largest absolute Gasteiger partial charge is 0.497 e. The van der Waals surface area contributed by atoms with Gasteiger partial charge in [0.15, 0.2) is 0 Å². The van der Waals surface area contributed by atoms with Crippen molar-refractivity contribution in [1.82, 2.24) is 5.32 Å². The zero-order valence-corrected chi connectivity index (χ0v) is 9.27. The molecule has 1 saturated heterocycles. The first-order valence-electron chi connectivity index (χ1n) is 4.96. The van der Waals surface area contributed by atoms with Gasteiger partial charge in [0, 0.05) is 12.6 Å². The summed E-state index contributed by atoms with van der Waals surface area (Å²) in [6.07, 6.45) is 0.992. The molecule has 1 heterocycles. The molecule has 1 fully saturated rings. The monoisotopic (exact) mass is 229 g/mol. The lowest BCUT2D eigenvalue weighted by Gasteiger charge is -2.13. The molecule has 0 amide bonds. The molecule has 1 N–H and O–H groups in total. The maximum absolute atomic E-state index is 13.4.